The molecule has 1 heterocycles. The van der Waals surface area contributed by atoms with Crippen LogP contribution in [-0.4, -0.2) is 40.0 Å². The van der Waals surface area contributed by atoms with E-state index in [-0.39, 0.29) is 11.8 Å². The summed E-state index contributed by atoms with van der Waals surface area (Å²) in [6.45, 7) is 5.46. The molecule has 0 saturated heterocycles. The largest absolute Gasteiger partial charge is 0.493 e. The molecule has 0 spiro atoms. The van der Waals surface area contributed by atoms with E-state index in [2.05, 4.69) is 21.0 Å². The Hall–Kier alpha value is -3.88. The summed E-state index contributed by atoms with van der Waals surface area (Å²) in [5.41, 5.74) is 6.30. The molecule has 0 radical (unpaired) electrons. The summed E-state index contributed by atoms with van der Waals surface area (Å²) in [7, 11) is 1.49. The third-order valence-electron chi connectivity index (χ3n) is 4.06. The zero-order valence-corrected chi connectivity index (χ0v) is 17.2. The number of hydrogen-bond acceptors (Lipinski definition) is 6. The molecule has 2 N–H and O–H groups in total. The minimum Gasteiger partial charge on any atom is -0.493 e. The second-order valence-electron chi connectivity index (χ2n) is 6.70. The standard InChI is InChI=1S/C21H23N5O4/c1-13(2)30-17-11-10-15(12-18(17)29-4)20(27)22-23-21(28)19-14(3)24-26(25-19)16-8-6-5-7-9-16/h5-13H,1-4H3,(H,22,27)(H,23,28). The molecule has 156 valence electrons. The number of hydrazine groups is 1. The highest BCUT2D eigenvalue weighted by Gasteiger charge is 2.18. The number of methoxy groups -OCH3 is 1. The van der Waals surface area contributed by atoms with Crippen molar-refractivity contribution in [2.45, 2.75) is 26.9 Å². The van der Waals surface area contributed by atoms with Crippen LogP contribution in [0.5, 0.6) is 11.5 Å². The van der Waals surface area contributed by atoms with E-state index in [9.17, 15) is 9.59 Å². The summed E-state index contributed by atoms with van der Waals surface area (Å²) >= 11 is 0. The summed E-state index contributed by atoms with van der Waals surface area (Å²) in [6.07, 6.45) is -0.0367. The number of aryl methyl sites for hydroxylation is 1. The number of rotatable bonds is 6. The van der Waals surface area contributed by atoms with Gasteiger partial charge >= 0.3 is 0 Å². The monoisotopic (exact) mass is 409 g/mol. The predicted molar refractivity (Wildman–Crippen MR) is 110 cm³/mol. The fourth-order valence-electron chi connectivity index (χ4n) is 2.67. The summed E-state index contributed by atoms with van der Waals surface area (Å²) in [4.78, 5) is 26.3. The van der Waals surface area contributed by atoms with Crippen molar-refractivity contribution in [3.63, 3.8) is 0 Å². The van der Waals surface area contributed by atoms with Crippen LogP contribution in [0.15, 0.2) is 48.5 Å². The number of amides is 2. The van der Waals surface area contributed by atoms with Crippen LogP contribution in [-0.2, 0) is 0 Å². The minimum atomic E-state index is -0.574. The molecule has 0 fully saturated rings. The van der Waals surface area contributed by atoms with Gasteiger partial charge in [-0.25, -0.2) is 0 Å². The van der Waals surface area contributed by atoms with Crippen LogP contribution in [0.3, 0.4) is 0 Å². The third kappa shape index (κ3) is 4.75. The fourth-order valence-corrected chi connectivity index (χ4v) is 2.67. The maximum absolute atomic E-state index is 12.5. The lowest BCUT2D eigenvalue weighted by atomic mass is 10.2. The Labute approximate surface area is 174 Å². The van der Waals surface area contributed by atoms with Gasteiger partial charge in [0.25, 0.3) is 11.8 Å². The van der Waals surface area contributed by atoms with Crippen molar-refractivity contribution in [1.29, 1.82) is 0 Å². The average Bonchev–Trinajstić information content (AvgIpc) is 3.14. The smallest absolute Gasteiger partial charge is 0.292 e. The highest BCUT2D eigenvalue weighted by molar-refractivity contribution is 5.99. The van der Waals surface area contributed by atoms with Gasteiger partial charge in [0.2, 0.25) is 0 Å². The van der Waals surface area contributed by atoms with Crippen LogP contribution in [0.2, 0.25) is 0 Å². The second-order valence-corrected chi connectivity index (χ2v) is 6.70. The van der Waals surface area contributed by atoms with Gasteiger partial charge in [0, 0.05) is 5.56 Å². The number of para-hydroxylation sites is 1. The number of benzene rings is 2. The number of carbonyl (C=O) groups is 2. The van der Waals surface area contributed by atoms with Crippen molar-refractivity contribution in [1.82, 2.24) is 25.8 Å². The third-order valence-corrected chi connectivity index (χ3v) is 4.06. The Bertz CT molecular complexity index is 1050. The summed E-state index contributed by atoms with van der Waals surface area (Å²) < 4.78 is 10.9. The number of aromatic nitrogens is 3. The molecule has 0 saturated carbocycles. The van der Waals surface area contributed by atoms with Gasteiger partial charge in [0.15, 0.2) is 17.2 Å². The van der Waals surface area contributed by atoms with Gasteiger partial charge in [0.1, 0.15) is 0 Å². The Morgan fingerprint density at radius 3 is 2.33 bits per heavy atom. The van der Waals surface area contributed by atoms with Gasteiger partial charge in [-0.2, -0.15) is 9.90 Å². The highest BCUT2D eigenvalue weighted by atomic mass is 16.5. The van der Waals surface area contributed by atoms with Crippen molar-refractivity contribution in [2.75, 3.05) is 7.11 Å². The van der Waals surface area contributed by atoms with E-state index in [1.165, 1.54) is 18.0 Å². The number of ether oxygens (including phenoxy) is 2. The van der Waals surface area contributed by atoms with E-state index >= 15 is 0 Å². The Morgan fingerprint density at radius 2 is 1.67 bits per heavy atom. The summed E-state index contributed by atoms with van der Waals surface area (Å²) in [5.74, 6) is -0.133. The maximum atomic E-state index is 12.5. The van der Waals surface area contributed by atoms with Crippen molar-refractivity contribution in [2.24, 2.45) is 0 Å². The first-order chi connectivity index (χ1) is 14.4. The lowest BCUT2D eigenvalue weighted by molar-refractivity contribution is 0.0843. The van der Waals surface area contributed by atoms with Gasteiger partial charge in [-0.1, -0.05) is 18.2 Å². The van der Waals surface area contributed by atoms with E-state index in [0.29, 0.717) is 22.8 Å². The van der Waals surface area contributed by atoms with Crippen LogP contribution >= 0.6 is 0 Å². The second kappa shape index (κ2) is 9.08. The Morgan fingerprint density at radius 1 is 0.967 bits per heavy atom. The molecule has 3 aromatic rings. The van der Waals surface area contributed by atoms with Gasteiger partial charge in [-0.15, -0.1) is 5.10 Å². The molecule has 1 aromatic heterocycles. The average molecular weight is 409 g/mol. The molecule has 0 unspecified atom stereocenters. The van der Waals surface area contributed by atoms with Crippen molar-refractivity contribution >= 4 is 11.8 Å². The molecule has 0 bridgehead atoms. The molecule has 30 heavy (non-hydrogen) atoms. The first-order valence-electron chi connectivity index (χ1n) is 9.33. The summed E-state index contributed by atoms with van der Waals surface area (Å²) in [6, 6.07) is 14.0. The van der Waals surface area contributed by atoms with Crippen LogP contribution in [0, 0.1) is 6.92 Å². The van der Waals surface area contributed by atoms with Crippen LogP contribution < -0.4 is 20.3 Å². The van der Waals surface area contributed by atoms with Crippen LogP contribution in [0.1, 0.15) is 40.4 Å². The highest BCUT2D eigenvalue weighted by Crippen LogP contribution is 2.28. The van der Waals surface area contributed by atoms with E-state index < -0.39 is 11.8 Å². The minimum absolute atomic E-state index is 0.0367. The zero-order chi connectivity index (χ0) is 21.7. The molecule has 0 aliphatic carbocycles. The number of nitrogens with one attached hydrogen (secondary N) is 2. The molecular formula is C21H23N5O4. The molecule has 9 nitrogen and oxygen atoms in total. The molecular weight excluding hydrogens is 386 g/mol. The van der Waals surface area contributed by atoms with Gasteiger partial charge in [-0.3, -0.25) is 20.4 Å². The molecule has 0 atom stereocenters. The first kappa shape index (κ1) is 20.8. The SMILES string of the molecule is COc1cc(C(=O)NNC(=O)c2nn(-c3ccccc3)nc2C)ccc1OC(C)C. The van der Waals surface area contributed by atoms with Gasteiger partial charge in [-0.05, 0) is 51.1 Å². The number of carbonyl (C=O) groups excluding carboxylic acids is 2. The quantitative estimate of drug-likeness (QED) is 0.606. The van der Waals surface area contributed by atoms with Gasteiger partial charge in [0.05, 0.1) is 24.6 Å². The molecule has 0 aliphatic rings. The van der Waals surface area contributed by atoms with Crippen LogP contribution in [0.4, 0.5) is 0 Å². The van der Waals surface area contributed by atoms with E-state index in [1.54, 1.807) is 19.1 Å². The number of nitrogens with zero attached hydrogens (tertiary/aromatic N) is 3. The molecule has 9 heteroatoms. The topological polar surface area (TPSA) is 107 Å². The maximum Gasteiger partial charge on any atom is 0.292 e. The fraction of sp³-hybridized carbons (Fsp3) is 0.238. The van der Waals surface area contributed by atoms with Crippen molar-refractivity contribution in [3.8, 4) is 17.2 Å². The number of hydrogen-bond donors (Lipinski definition) is 2. The van der Waals surface area contributed by atoms with E-state index in [0.717, 1.165) is 5.69 Å². The van der Waals surface area contributed by atoms with Crippen molar-refractivity contribution < 1.29 is 19.1 Å². The normalized spacial score (nSPS) is 10.6. The van der Waals surface area contributed by atoms with Gasteiger partial charge < -0.3 is 9.47 Å². The Balaban J connectivity index is 1.68. The molecule has 3 rings (SSSR count). The van der Waals surface area contributed by atoms with Crippen molar-refractivity contribution in [3.05, 3.63) is 65.5 Å². The molecule has 2 aromatic carbocycles. The van der Waals surface area contributed by atoms with Crippen LogP contribution in [0.25, 0.3) is 5.69 Å². The Kier molecular flexibility index (Phi) is 6.31. The molecule has 0 aliphatic heterocycles. The predicted octanol–water partition coefficient (Wildman–Crippen LogP) is 2.45. The van der Waals surface area contributed by atoms with E-state index in [4.69, 9.17) is 9.47 Å². The zero-order valence-electron chi connectivity index (χ0n) is 17.2. The molecule has 2 amide bonds. The lowest BCUT2D eigenvalue weighted by Crippen LogP contribution is -2.42. The first-order valence-corrected chi connectivity index (χ1v) is 9.33. The lowest BCUT2D eigenvalue weighted by Gasteiger charge is -2.14. The van der Waals surface area contributed by atoms with E-state index in [1.807, 2.05) is 44.2 Å². The summed E-state index contributed by atoms with van der Waals surface area (Å²) in [5, 5.41) is 8.45.